The maximum absolute atomic E-state index is 12.6. The van der Waals surface area contributed by atoms with Gasteiger partial charge in [0.15, 0.2) is 0 Å². The number of fused-ring (bicyclic) bond motifs is 2. The number of nitrogens with zero attached hydrogens (tertiary/aromatic N) is 8. The van der Waals surface area contributed by atoms with Crippen LogP contribution in [0.25, 0.3) is 33.9 Å². The molecule has 8 rings (SSSR count). The van der Waals surface area contributed by atoms with Crippen LogP contribution in [-0.4, -0.2) is 88.2 Å². The van der Waals surface area contributed by atoms with E-state index in [9.17, 15) is 9.59 Å². The molecule has 0 atom stereocenters. The number of hydrogen-bond acceptors (Lipinski definition) is 11. The second-order valence-corrected chi connectivity index (χ2v) is 11.5. The van der Waals surface area contributed by atoms with Gasteiger partial charge in [0.05, 0.1) is 35.6 Å². The summed E-state index contributed by atoms with van der Waals surface area (Å²) in [5, 5.41) is 6.66. The molecule has 2 aliphatic rings. The standard InChI is InChI=1S/C18H19N5O2.C17H17N5O/c1-25-17-4-2-3-14(21-17)15-11-18(24)23-12-13(5-6-16(23)20-15)22-9-7-19-8-10-22;23-17-10-15(13-2-1-5-19-11-13)20-16-4-3-14(12-22(16)17)21-8-6-18-7-9-21/h2-6,11-12,19H,7-10H2,1H3;1-5,10-12,18H,6-9H2. The van der Waals surface area contributed by atoms with E-state index in [1.165, 1.54) is 6.07 Å². The Labute approximate surface area is 276 Å². The summed E-state index contributed by atoms with van der Waals surface area (Å²) in [5.41, 5.74) is 5.79. The molecule has 13 heteroatoms. The Morgan fingerprint density at radius 2 is 1.23 bits per heavy atom. The van der Waals surface area contributed by atoms with Crippen molar-refractivity contribution in [3.63, 3.8) is 0 Å². The third-order valence-corrected chi connectivity index (χ3v) is 8.40. The summed E-state index contributed by atoms with van der Waals surface area (Å²) in [6, 6.07) is 20.0. The van der Waals surface area contributed by atoms with E-state index < -0.39 is 0 Å². The Morgan fingerprint density at radius 1 is 0.646 bits per heavy atom. The number of hydrogen-bond donors (Lipinski definition) is 2. The summed E-state index contributed by atoms with van der Waals surface area (Å²) < 4.78 is 8.34. The average molecular weight is 645 g/mol. The molecule has 0 spiro atoms. The lowest BCUT2D eigenvalue weighted by atomic mass is 10.2. The highest BCUT2D eigenvalue weighted by atomic mass is 16.5. The van der Waals surface area contributed by atoms with E-state index >= 15 is 0 Å². The number of methoxy groups -OCH3 is 1. The number of rotatable bonds is 5. The summed E-state index contributed by atoms with van der Waals surface area (Å²) in [4.78, 5) is 47.2. The minimum absolute atomic E-state index is 0.0779. The first kappa shape index (κ1) is 31.0. The molecular formula is C35H36N10O3. The number of nitrogens with one attached hydrogen (secondary N) is 2. The van der Waals surface area contributed by atoms with Crippen LogP contribution in [0, 0.1) is 0 Å². The second-order valence-electron chi connectivity index (χ2n) is 11.5. The Kier molecular flexibility index (Phi) is 9.03. The predicted molar refractivity (Wildman–Crippen MR) is 186 cm³/mol. The molecule has 0 amide bonds. The molecule has 8 heterocycles. The van der Waals surface area contributed by atoms with E-state index in [1.807, 2.05) is 60.9 Å². The smallest absolute Gasteiger partial charge is 0.258 e. The van der Waals surface area contributed by atoms with Crippen molar-refractivity contribution in [2.24, 2.45) is 0 Å². The van der Waals surface area contributed by atoms with Gasteiger partial charge in [0.25, 0.3) is 11.1 Å². The van der Waals surface area contributed by atoms with E-state index in [4.69, 9.17) is 4.74 Å². The minimum Gasteiger partial charge on any atom is -0.481 e. The number of ether oxygens (including phenoxy) is 1. The zero-order chi connectivity index (χ0) is 32.9. The molecule has 0 bridgehead atoms. The molecule has 244 valence electrons. The van der Waals surface area contributed by atoms with Crippen LogP contribution in [0.2, 0.25) is 0 Å². The van der Waals surface area contributed by atoms with Gasteiger partial charge in [-0.3, -0.25) is 23.4 Å². The van der Waals surface area contributed by atoms with Crippen molar-refractivity contribution in [2.45, 2.75) is 0 Å². The zero-order valence-electron chi connectivity index (χ0n) is 26.6. The summed E-state index contributed by atoms with van der Waals surface area (Å²) in [5.74, 6) is 0.494. The molecular weight excluding hydrogens is 608 g/mol. The van der Waals surface area contributed by atoms with Gasteiger partial charge < -0.3 is 25.2 Å². The first-order valence-electron chi connectivity index (χ1n) is 16.0. The Hall–Kier alpha value is -5.66. The summed E-state index contributed by atoms with van der Waals surface area (Å²) >= 11 is 0. The molecule has 0 radical (unpaired) electrons. The van der Waals surface area contributed by atoms with Crippen LogP contribution in [0.15, 0.2) is 101 Å². The Morgan fingerprint density at radius 3 is 1.79 bits per heavy atom. The highest BCUT2D eigenvalue weighted by molar-refractivity contribution is 5.62. The highest BCUT2D eigenvalue weighted by Gasteiger charge is 2.14. The third kappa shape index (κ3) is 6.73. The van der Waals surface area contributed by atoms with E-state index in [-0.39, 0.29) is 11.1 Å². The average Bonchev–Trinajstić information content (AvgIpc) is 3.16. The van der Waals surface area contributed by atoms with Crippen molar-refractivity contribution >= 4 is 22.7 Å². The topological polar surface area (TPSA) is 134 Å². The lowest BCUT2D eigenvalue weighted by Gasteiger charge is -2.29. The monoisotopic (exact) mass is 644 g/mol. The van der Waals surface area contributed by atoms with Crippen molar-refractivity contribution in [3.05, 3.63) is 112 Å². The first-order valence-corrected chi connectivity index (χ1v) is 16.0. The maximum atomic E-state index is 12.6. The lowest BCUT2D eigenvalue weighted by molar-refractivity contribution is 0.398. The van der Waals surface area contributed by atoms with Crippen LogP contribution in [0.1, 0.15) is 0 Å². The van der Waals surface area contributed by atoms with Crippen LogP contribution in [0.3, 0.4) is 0 Å². The quantitative estimate of drug-likeness (QED) is 0.287. The van der Waals surface area contributed by atoms with Crippen LogP contribution in [0.4, 0.5) is 11.4 Å². The normalized spacial score (nSPS) is 14.9. The van der Waals surface area contributed by atoms with Gasteiger partial charge in [-0.05, 0) is 42.5 Å². The van der Waals surface area contributed by atoms with Gasteiger partial charge in [0.2, 0.25) is 5.88 Å². The van der Waals surface area contributed by atoms with Crippen molar-refractivity contribution in [2.75, 3.05) is 69.3 Å². The summed E-state index contributed by atoms with van der Waals surface area (Å²) in [6.07, 6.45) is 7.16. The molecule has 0 aliphatic carbocycles. The number of aromatic nitrogens is 6. The summed E-state index contributed by atoms with van der Waals surface area (Å²) in [6.45, 7) is 7.58. The molecule has 0 saturated carbocycles. The SMILES string of the molecule is COc1cccc(-c2cc(=O)n3cc(N4CCNCC4)ccc3n2)n1.O=c1cc(-c2cccnc2)nc2ccc(N3CCNCC3)cn12. The molecule has 6 aromatic heterocycles. The Balaban J connectivity index is 0.000000152. The van der Waals surface area contributed by atoms with Crippen molar-refractivity contribution in [1.29, 1.82) is 0 Å². The van der Waals surface area contributed by atoms with E-state index in [0.29, 0.717) is 34.3 Å². The fourth-order valence-corrected chi connectivity index (χ4v) is 5.87. The predicted octanol–water partition coefficient (Wildman–Crippen LogP) is 2.34. The van der Waals surface area contributed by atoms with Gasteiger partial charge in [-0.2, -0.15) is 0 Å². The summed E-state index contributed by atoms with van der Waals surface area (Å²) in [7, 11) is 1.56. The molecule has 13 nitrogen and oxygen atoms in total. The number of pyridine rings is 4. The van der Waals surface area contributed by atoms with Gasteiger partial charge in [-0.1, -0.05) is 6.07 Å². The molecule has 0 unspecified atom stereocenters. The van der Waals surface area contributed by atoms with Crippen LogP contribution in [-0.2, 0) is 0 Å². The molecule has 2 fully saturated rings. The molecule has 2 N–H and O–H groups in total. The third-order valence-electron chi connectivity index (χ3n) is 8.40. The van der Waals surface area contributed by atoms with Crippen molar-refractivity contribution in [1.82, 2.24) is 39.4 Å². The van der Waals surface area contributed by atoms with Gasteiger partial charge in [-0.25, -0.2) is 15.0 Å². The van der Waals surface area contributed by atoms with Gasteiger partial charge in [0, 0.05) is 101 Å². The molecule has 0 aromatic carbocycles. The van der Waals surface area contributed by atoms with Crippen molar-refractivity contribution < 1.29 is 4.74 Å². The van der Waals surface area contributed by atoms with Gasteiger partial charge in [0.1, 0.15) is 11.3 Å². The van der Waals surface area contributed by atoms with E-state index in [1.54, 1.807) is 40.4 Å². The molecule has 6 aromatic rings. The second kappa shape index (κ2) is 14.0. The maximum Gasteiger partial charge on any atom is 0.258 e. The largest absolute Gasteiger partial charge is 0.481 e. The minimum atomic E-state index is -0.124. The molecule has 2 aliphatic heterocycles. The first-order chi connectivity index (χ1) is 23.6. The lowest BCUT2D eigenvalue weighted by Crippen LogP contribution is -2.43. The Bertz CT molecular complexity index is 2160. The van der Waals surface area contributed by atoms with E-state index in [2.05, 4.69) is 40.4 Å². The zero-order valence-corrected chi connectivity index (χ0v) is 26.6. The van der Waals surface area contributed by atoms with Crippen LogP contribution in [0.5, 0.6) is 5.88 Å². The van der Waals surface area contributed by atoms with Crippen molar-refractivity contribution in [3.8, 4) is 28.5 Å². The number of piperazine rings is 2. The molecule has 2 saturated heterocycles. The van der Waals surface area contributed by atoms with Crippen LogP contribution >= 0.6 is 0 Å². The fraction of sp³-hybridized carbons (Fsp3) is 0.257. The highest BCUT2D eigenvalue weighted by Crippen LogP contribution is 2.20. The van der Waals surface area contributed by atoms with E-state index in [0.717, 1.165) is 69.3 Å². The van der Waals surface area contributed by atoms with Crippen LogP contribution < -0.4 is 36.3 Å². The number of anilines is 2. The van der Waals surface area contributed by atoms with Gasteiger partial charge in [-0.15, -0.1) is 0 Å². The fourth-order valence-electron chi connectivity index (χ4n) is 5.87. The molecule has 48 heavy (non-hydrogen) atoms. The van der Waals surface area contributed by atoms with Gasteiger partial charge >= 0.3 is 0 Å².